The highest BCUT2D eigenvalue weighted by Crippen LogP contribution is 2.35. The van der Waals surface area contributed by atoms with Crippen molar-refractivity contribution >= 4 is 5.78 Å². The first kappa shape index (κ1) is 19.0. The van der Waals surface area contributed by atoms with Gasteiger partial charge in [0.25, 0.3) is 0 Å². The van der Waals surface area contributed by atoms with Gasteiger partial charge in [-0.05, 0) is 30.6 Å². The Labute approximate surface area is 145 Å². The fourth-order valence-corrected chi connectivity index (χ4v) is 4.82. The van der Waals surface area contributed by atoms with E-state index < -0.39 is 0 Å². The van der Waals surface area contributed by atoms with E-state index in [9.17, 15) is 4.79 Å². The molecule has 134 valence electrons. The molecule has 0 atom stereocenters. The lowest BCUT2D eigenvalue weighted by Gasteiger charge is -2.29. The van der Waals surface area contributed by atoms with Crippen molar-refractivity contribution in [1.29, 1.82) is 0 Å². The molecule has 2 aliphatic carbocycles. The fourth-order valence-electron chi connectivity index (χ4n) is 4.82. The topological polar surface area (TPSA) is 17.1 Å². The van der Waals surface area contributed by atoms with Crippen LogP contribution >= 0.6 is 0 Å². The van der Waals surface area contributed by atoms with E-state index in [1.807, 2.05) is 0 Å². The molecule has 0 amide bonds. The lowest BCUT2D eigenvalue weighted by molar-refractivity contribution is -0.121. The molecule has 1 heteroatoms. The van der Waals surface area contributed by atoms with Gasteiger partial charge < -0.3 is 0 Å². The Bertz CT molecular complexity index is 304. The van der Waals surface area contributed by atoms with Crippen LogP contribution in [-0.2, 0) is 4.79 Å². The summed E-state index contributed by atoms with van der Waals surface area (Å²) in [5.74, 6) is 3.47. The molecular weight excluding hydrogens is 280 g/mol. The van der Waals surface area contributed by atoms with E-state index in [2.05, 4.69) is 6.92 Å². The van der Waals surface area contributed by atoms with Crippen molar-refractivity contribution in [2.75, 3.05) is 0 Å². The van der Waals surface area contributed by atoms with Gasteiger partial charge in [-0.1, -0.05) is 90.4 Å². The molecule has 0 aromatic heterocycles. The predicted octanol–water partition coefficient (Wildman–Crippen LogP) is 7.08. The molecule has 0 N–H and O–H groups in total. The van der Waals surface area contributed by atoms with Gasteiger partial charge in [0.2, 0.25) is 0 Å². The number of unbranched alkanes of at least 4 members (excludes halogenated alkanes) is 4. The standard InChI is InChI=1S/C22H40O/c1-2-3-4-5-8-19-11-13-20(14-12-19)9-6-7-10-21-15-17-22(23)18-16-21/h19-21H,2-18H2,1H3/t19-,20-. The Morgan fingerprint density at radius 1 is 0.652 bits per heavy atom. The van der Waals surface area contributed by atoms with Crippen molar-refractivity contribution in [1.82, 2.24) is 0 Å². The fraction of sp³-hybridized carbons (Fsp3) is 0.955. The molecule has 0 heterocycles. The number of Topliss-reactive ketones (excluding diaryl/α,β-unsaturated/α-hetero) is 1. The van der Waals surface area contributed by atoms with E-state index in [1.165, 1.54) is 96.3 Å². The monoisotopic (exact) mass is 320 g/mol. The largest absolute Gasteiger partial charge is 0.300 e. The van der Waals surface area contributed by atoms with Crippen LogP contribution in [0.4, 0.5) is 0 Å². The van der Waals surface area contributed by atoms with E-state index in [-0.39, 0.29) is 0 Å². The maximum atomic E-state index is 11.3. The molecule has 0 radical (unpaired) electrons. The molecule has 2 aliphatic rings. The first-order valence-corrected chi connectivity index (χ1v) is 10.8. The summed E-state index contributed by atoms with van der Waals surface area (Å²) >= 11 is 0. The third kappa shape index (κ3) is 7.86. The highest BCUT2D eigenvalue weighted by atomic mass is 16.1. The van der Waals surface area contributed by atoms with E-state index >= 15 is 0 Å². The van der Waals surface area contributed by atoms with Crippen LogP contribution in [-0.4, -0.2) is 5.78 Å². The lowest BCUT2D eigenvalue weighted by Crippen LogP contribution is -2.15. The summed E-state index contributed by atoms with van der Waals surface area (Å²) < 4.78 is 0. The SMILES string of the molecule is CCCCCC[C@H]1CC[C@H](CCCCC2CCC(=O)CC2)CC1. The van der Waals surface area contributed by atoms with Crippen molar-refractivity contribution < 1.29 is 4.79 Å². The number of carbonyl (C=O) groups excluding carboxylic acids is 1. The Balaban J connectivity index is 1.44. The first-order chi connectivity index (χ1) is 11.3. The summed E-state index contributed by atoms with van der Waals surface area (Å²) in [5.41, 5.74) is 0. The summed E-state index contributed by atoms with van der Waals surface area (Å²) in [5, 5.41) is 0. The second-order valence-electron chi connectivity index (χ2n) is 8.50. The van der Waals surface area contributed by atoms with Crippen LogP contribution in [0.3, 0.4) is 0 Å². The molecule has 0 saturated heterocycles. The highest BCUT2D eigenvalue weighted by Gasteiger charge is 2.21. The van der Waals surface area contributed by atoms with E-state index in [0.29, 0.717) is 5.78 Å². The molecule has 0 aromatic carbocycles. The maximum absolute atomic E-state index is 11.3. The molecule has 0 unspecified atom stereocenters. The van der Waals surface area contributed by atoms with Gasteiger partial charge in [0.15, 0.2) is 0 Å². The number of rotatable bonds is 10. The number of ketones is 1. The zero-order valence-corrected chi connectivity index (χ0v) is 15.7. The first-order valence-electron chi connectivity index (χ1n) is 10.8. The third-order valence-corrected chi connectivity index (χ3v) is 6.57. The summed E-state index contributed by atoms with van der Waals surface area (Å²) in [6.07, 6.45) is 23.1. The summed E-state index contributed by atoms with van der Waals surface area (Å²) in [4.78, 5) is 11.3. The van der Waals surface area contributed by atoms with Crippen molar-refractivity contribution in [3.63, 3.8) is 0 Å². The second-order valence-corrected chi connectivity index (χ2v) is 8.50. The van der Waals surface area contributed by atoms with Crippen LogP contribution in [0.25, 0.3) is 0 Å². The molecule has 23 heavy (non-hydrogen) atoms. The van der Waals surface area contributed by atoms with Gasteiger partial charge in [0.1, 0.15) is 5.78 Å². The number of hydrogen-bond donors (Lipinski definition) is 0. The van der Waals surface area contributed by atoms with Crippen LogP contribution < -0.4 is 0 Å². The minimum atomic E-state index is 0.507. The quantitative estimate of drug-likeness (QED) is 0.393. The smallest absolute Gasteiger partial charge is 0.132 e. The van der Waals surface area contributed by atoms with Gasteiger partial charge in [-0.3, -0.25) is 4.79 Å². The van der Waals surface area contributed by atoms with Gasteiger partial charge in [0, 0.05) is 12.8 Å². The van der Waals surface area contributed by atoms with Gasteiger partial charge in [-0.15, -0.1) is 0 Å². The average Bonchev–Trinajstić information content (AvgIpc) is 2.58. The Morgan fingerprint density at radius 3 is 1.57 bits per heavy atom. The normalized spacial score (nSPS) is 26.6. The Hall–Kier alpha value is -0.330. The molecule has 2 saturated carbocycles. The minimum absolute atomic E-state index is 0.507. The van der Waals surface area contributed by atoms with Crippen LogP contribution in [0.15, 0.2) is 0 Å². The summed E-state index contributed by atoms with van der Waals surface area (Å²) in [6, 6.07) is 0. The molecule has 0 aliphatic heterocycles. The predicted molar refractivity (Wildman–Crippen MR) is 99.6 cm³/mol. The van der Waals surface area contributed by atoms with Crippen LogP contribution in [0.2, 0.25) is 0 Å². The average molecular weight is 321 g/mol. The molecule has 2 rings (SSSR count). The van der Waals surface area contributed by atoms with Gasteiger partial charge in [-0.25, -0.2) is 0 Å². The summed E-state index contributed by atoms with van der Waals surface area (Å²) in [7, 11) is 0. The Morgan fingerprint density at radius 2 is 1.09 bits per heavy atom. The zero-order valence-electron chi connectivity index (χ0n) is 15.7. The molecular formula is C22H40O. The molecule has 1 nitrogen and oxygen atoms in total. The number of carbonyl (C=O) groups is 1. The van der Waals surface area contributed by atoms with Crippen molar-refractivity contribution in [3.8, 4) is 0 Å². The second kappa shape index (κ2) is 11.3. The molecule has 0 aromatic rings. The van der Waals surface area contributed by atoms with Crippen molar-refractivity contribution in [3.05, 3.63) is 0 Å². The third-order valence-electron chi connectivity index (χ3n) is 6.57. The molecule has 0 bridgehead atoms. The van der Waals surface area contributed by atoms with E-state index in [4.69, 9.17) is 0 Å². The molecule has 0 spiro atoms. The molecule has 2 fully saturated rings. The zero-order chi connectivity index (χ0) is 16.3. The van der Waals surface area contributed by atoms with Crippen LogP contribution in [0, 0.1) is 17.8 Å². The van der Waals surface area contributed by atoms with E-state index in [0.717, 1.165) is 30.6 Å². The van der Waals surface area contributed by atoms with Crippen molar-refractivity contribution in [2.45, 2.75) is 116 Å². The highest BCUT2D eigenvalue weighted by molar-refractivity contribution is 5.78. The van der Waals surface area contributed by atoms with Gasteiger partial charge in [0.05, 0.1) is 0 Å². The number of hydrogen-bond acceptors (Lipinski definition) is 1. The van der Waals surface area contributed by atoms with E-state index in [1.54, 1.807) is 0 Å². The van der Waals surface area contributed by atoms with Gasteiger partial charge in [-0.2, -0.15) is 0 Å². The van der Waals surface area contributed by atoms with Crippen LogP contribution in [0.1, 0.15) is 116 Å². The van der Waals surface area contributed by atoms with Crippen molar-refractivity contribution in [2.24, 2.45) is 17.8 Å². The van der Waals surface area contributed by atoms with Crippen LogP contribution in [0.5, 0.6) is 0 Å². The summed E-state index contributed by atoms with van der Waals surface area (Å²) in [6.45, 7) is 2.30. The maximum Gasteiger partial charge on any atom is 0.132 e. The minimum Gasteiger partial charge on any atom is -0.300 e. The van der Waals surface area contributed by atoms with Gasteiger partial charge >= 0.3 is 0 Å². The lowest BCUT2D eigenvalue weighted by atomic mass is 9.77. The Kier molecular flexibility index (Phi) is 9.31.